The molecule has 0 saturated heterocycles. The highest BCUT2D eigenvalue weighted by molar-refractivity contribution is 7.07. The summed E-state index contributed by atoms with van der Waals surface area (Å²) in [4.78, 5) is 5.40. The third-order valence-corrected chi connectivity index (χ3v) is 6.82. The third kappa shape index (κ3) is 5.74. The summed E-state index contributed by atoms with van der Waals surface area (Å²) in [6.07, 6.45) is -0.946. The van der Waals surface area contributed by atoms with Crippen LogP contribution in [0, 0.1) is 6.92 Å². The second kappa shape index (κ2) is 11.0. The zero-order chi connectivity index (χ0) is 25.9. The number of thiazole rings is 1. The summed E-state index contributed by atoms with van der Waals surface area (Å²) < 4.78 is 42.6. The van der Waals surface area contributed by atoms with Gasteiger partial charge in [0, 0.05) is 22.5 Å². The molecular weight excluding hydrogens is 530 g/mol. The number of nitrogens with zero attached hydrogens (tertiary/aromatic N) is 5. The maximum absolute atomic E-state index is 13.2. The Morgan fingerprint density at radius 1 is 1.11 bits per heavy atom. The number of hydrogen-bond acceptors (Lipinski definition) is 4. The molecule has 11 heteroatoms. The van der Waals surface area contributed by atoms with Crippen LogP contribution < -0.4 is 4.80 Å². The van der Waals surface area contributed by atoms with Crippen LogP contribution in [-0.4, -0.2) is 27.2 Å². The van der Waals surface area contributed by atoms with E-state index < -0.39 is 11.7 Å². The molecule has 0 atom stereocenters. The van der Waals surface area contributed by atoms with Crippen LogP contribution in [-0.2, 0) is 6.18 Å². The van der Waals surface area contributed by atoms with Crippen molar-refractivity contribution in [3.63, 3.8) is 0 Å². The Labute approximate surface area is 220 Å². The van der Waals surface area contributed by atoms with Gasteiger partial charge in [-0.1, -0.05) is 54.7 Å². The lowest BCUT2D eigenvalue weighted by molar-refractivity contribution is -0.137. The molecule has 0 amide bonds. The Balaban J connectivity index is 1.76. The first-order chi connectivity index (χ1) is 17.2. The molecule has 4 rings (SSSR count). The first-order valence-corrected chi connectivity index (χ1v) is 12.8. The van der Waals surface area contributed by atoms with Gasteiger partial charge in [0.25, 0.3) is 0 Å². The molecule has 2 aromatic carbocycles. The normalized spacial score (nSPS) is 12.7. The predicted molar refractivity (Wildman–Crippen MR) is 139 cm³/mol. The topological polar surface area (TPSA) is 47.5 Å². The van der Waals surface area contributed by atoms with Crippen molar-refractivity contribution >= 4 is 40.8 Å². The number of hydrogen-bond donors (Lipinski definition) is 0. The summed E-state index contributed by atoms with van der Waals surface area (Å²) in [5, 5.41) is 11.8. The second-order valence-electron chi connectivity index (χ2n) is 7.95. The highest BCUT2D eigenvalue weighted by atomic mass is 35.5. The van der Waals surface area contributed by atoms with Gasteiger partial charge in [-0.15, -0.1) is 11.3 Å². The fraction of sp³-hybridized carbons (Fsp3) is 0.240. The van der Waals surface area contributed by atoms with Gasteiger partial charge >= 0.3 is 6.18 Å². The van der Waals surface area contributed by atoms with Crippen molar-refractivity contribution in [2.75, 3.05) is 6.54 Å². The minimum Gasteiger partial charge on any atom is -0.257 e. The standard InChI is InChI=1S/C25H22Cl2F3N5S/c1-3-4-12-31-24-35(22(15-36-24)17-8-10-19(26)11-9-17)32-14-21-16(2)33-34(23(21)27)20-7-5-6-18(13-20)25(28,29)30/h5-11,13-15H,3-4,12H2,1-2H3/b31-24?,32-14-. The maximum atomic E-state index is 13.2. The third-order valence-electron chi connectivity index (χ3n) is 5.35. The molecule has 0 unspecified atom stereocenters. The lowest BCUT2D eigenvalue weighted by atomic mass is 10.2. The van der Waals surface area contributed by atoms with Crippen molar-refractivity contribution in [1.29, 1.82) is 0 Å². The first-order valence-electron chi connectivity index (χ1n) is 11.1. The lowest BCUT2D eigenvalue weighted by Crippen LogP contribution is -2.13. The van der Waals surface area contributed by atoms with Crippen LogP contribution in [0.1, 0.15) is 36.6 Å². The van der Waals surface area contributed by atoms with E-state index in [9.17, 15) is 13.2 Å². The fourth-order valence-corrected chi connectivity index (χ4v) is 4.74. The summed E-state index contributed by atoms with van der Waals surface area (Å²) in [6.45, 7) is 4.49. The number of unbranched alkanes of at least 4 members (excludes halogenated alkanes) is 1. The van der Waals surface area contributed by atoms with Gasteiger partial charge in [-0.2, -0.15) is 23.4 Å². The molecule has 5 nitrogen and oxygen atoms in total. The van der Waals surface area contributed by atoms with Crippen molar-refractivity contribution in [3.05, 3.63) is 85.7 Å². The van der Waals surface area contributed by atoms with Gasteiger partial charge in [-0.3, -0.25) is 4.99 Å². The van der Waals surface area contributed by atoms with Crippen LogP contribution in [0.5, 0.6) is 0 Å². The number of halogens is 5. The molecule has 0 aliphatic rings. The first kappa shape index (κ1) is 26.2. The van der Waals surface area contributed by atoms with Gasteiger partial charge in [-0.05, 0) is 43.7 Å². The minimum atomic E-state index is -4.47. The quantitative estimate of drug-likeness (QED) is 0.172. The van der Waals surface area contributed by atoms with Gasteiger partial charge in [0.15, 0.2) is 0 Å². The van der Waals surface area contributed by atoms with E-state index >= 15 is 0 Å². The number of aryl methyl sites for hydroxylation is 1. The van der Waals surface area contributed by atoms with Crippen LogP contribution in [0.2, 0.25) is 10.2 Å². The highest BCUT2D eigenvalue weighted by Gasteiger charge is 2.30. The van der Waals surface area contributed by atoms with Gasteiger partial charge in [0.2, 0.25) is 4.80 Å². The van der Waals surface area contributed by atoms with Gasteiger partial charge in [0.1, 0.15) is 5.15 Å². The van der Waals surface area contributed by atoms with Crippen molar-refractivity contribution in [2.45, 2.75) is 32.9 Å². The van der Waals surface area contributed by atoms with E-state index in [4.69, 9.17) is 23.2 Å². The zero-order valence-corrected chi connectivity index (χ0v) is 21.8. The van der Waals surface area contributed by atoms with E-state index in [0.717, 1.165) is 36.2 Å². The SMILES string of the molecule is CCCCN=c1scc(-c2ccc(Cl)cc2)n1/N=C\c1c(C)nn(-c2cccc(C(F)(F)F)c2)c1Cl. The molecule has 0 bridgehead atoms. The average Bonchev–Trinajstić information content (AvgIpc) is 3.37. The predicted octanol–water partition coefficient (Wildman–Crippen LogP) is 7.62. The van der Waals surface area contributed by atoms with E-state index in [1.165, 1.54) is 28.2 Å². The molecule has 0 aliphatic heterocycles. The van der Waals surface area contributed by atoms with E-state index in [1.807, 2.05) is 17.5 Å². The molecule has 4 aromatic rings. The summed E-state index contributed by atoms with van der Waals surface area (Å²) in [5.74, 6) is 0. The number of aromatic nitrogens is 3. The minimum absolute atomic E-state index is 0.156. The Morgan fingerprint density at radius 3 is 2.56 bits per heavy atom. The van der Waals surface area contributed by atoms with Crippen LogP contribution in [0.15, 0.2) is 64.0 Å². The monoisotopic (exact) mass is 551 g/mol. The van der Waals surface area contributed by atoms with Crippen LogP contribution in [0.25, 0.3) is 16.9 Å². The zero-order valence-electron chi connectivity index (χ0n) is 19.4. The van der Waals surface area contributed by atoms with Gasteiger partial charge in [0.05, 0.1) is 34.4 Å². The maximum Gasteiger partial charge on any atom is 0.416 e. The molecule has 0 aliphatic carbocycles. The fourth-order valence-electron chi connectivity index (χ4n) is 3.43. The average molecular weight is 552 g/mol. The smallest absolute Gasteiger partial charge is 0.257 e. The van der Waals surface area contributed by atoms with E-state index in [0.29, 0.717) is 27.6 Å². The van der Waals surface area contributed by atoms with E-state index in [-0.39, 0.29) is 10.8 Å². The van der Waals surface area contributed by atoms with Crippen LogP contribution in [0.4, 0.5) is 13.2 Å². The Bertz CT molecular complexity index is 1450. The number of alkyl halides is 3. The Kier molecular flexibility index (Phi) is 8.02. The second-order valence-corrected chi connectivity index (χ2v) is 9.58. The van der Waals surface area contributed by atoms with Crippen molar-refractivity contribution in [2.24, 2.45) is 10.1 Å². The van der Waals surface area contributed by atoms with Crippen molar-refractivity contribution in [1.82, 2.24) is 14.5 Å². The molecule has 188 valence electrons. The largest absolute Gasteiger partial charge is 0.416 e. The molecule has 36 heavy (non-hydrogen) atoms. The lowest BCUT2D eigenvalue weighted by Gasteiger charge is -2.09. The highest BCUT2D eigenvalue weighted by Crippen LogP contribution is 2.31. The molecule has 0 saturated carbocycles. The van der Waals surface area contributed by atoms with Crippen LogP contribution >= 0.6 is 34.5 Å². The Morgan fingerprint density at radius 2 is 1.86 bits per heavy atom. The van der Waals surface area contributed by atoms with Crippen molar-refractivity contribution in [3.8, 4) is 16.9 Å². The van der Waals surface area contributed by atoms with Gasteiger partial charge in [-0.25, -0.2) is 9.36 Å². The van der Waals surface area contributed by atoms with Crippen LogP contribution in [0.3, 0.4) is 0 Å². The molecule has 2 heterocycles. The Hall–Kier alpha value is -2.88. The molecule has 0 spiro atoms. The number of rotatable bonds is 7. The summed E-state index contributed by atoms with van der Waals surface area (Å²) in [6, 6.07) is 12.3. The van der Waals surface area contributed by atoms with Gasteiger partial charge < -0.3 is 0 Å². The summed E-state index contributed by atoms with van der Waals surface area (Å²) in [7, 11) is 0. The van der Waals surface area contributed by atoms with Crippen molar-refractivity contribution < 1.29 is 13.2 Å². The number of benzene rings is 2. The summed E-state index contributed by atoms with van der Waals surface area (Å²) in [5.41, 5.74) is 2.18. The molecule has 2 aromatic heterocycles. The summed E-state index contributed by atoms with van der Waals surface area (Å²) >= 11 is 14.1. The molecular formula is C25H22Cl2F3N5S. The van der Waals surface area contributed by atoms with E-state index in [2.05, 4.69) is 22.1 Å². The molecule has 0 radical (unpaired) electrons. The molecule has 0 N–H and O–H groups in total. The van der Waals surface area contributed by atoms with E-state index in [1.54, 1.807) is 29.9 Å². The molecule has 0 fully saturated rings.